The van der Waals surface area contributed by atoms with Crippen molar-refractivity contribution in [3.05, 3.63) is 220 Å². The third kappa shape index (κ3) is 31.1. The van der Waals surface area contributed by atoms with Gasteiger partial charge in [0.05, 0.1) is 52.8 Å². The summed E-state index contributed by atoms with van der Waals surface area (Å²) in [7, 11) is 0. The van der Waals surface area contributed by atoms with Gasteiger partial charge >= 0.3 is 24.0 Å². The van der Waals surface area contributed by atoms with E-state index in [1.165, 1.54) is 112 Å². The molecule has 4 saturated heterocycles. The molecule has 6 saturated carbocycles. The predicted octanol–water partition coefficient (Wildman–Crippen LogP) is 21.7. The van der Waals surface area contributed by atoms with Crippen molar-refractivity contribution in [2.24, 2.45) is 23.2 Å². The molecule has 5 aromatic carbocycles. The number of para-hydroxylation sites is 3. The maximum Gasteiger partial charge on any atom is 0.434 e. The van der Waals surface area contributed by atoms with Gasteiger partial charge in [-0.25, -0.2) is 24.3 Å². The van der Waals surface area contributed by atoms with E-state index in [2.05, 4.69) is 92.6 Å². The maximum absolute atomic E-state index is 14.8. The first-order valence-electron chi connectivity index (χ1n) is 54.4. The van der Waals surface area contributed by atoms with Gasteiger partial charge in [0.25, 0.3) is 0 Å². The number of thiophene rings is 2. The minimum absolute atomic E-state index is 0.0101. The van der Waals surface area contributed by atoms with Crippen molar-refractivity contribution in [2.75, 3.05) is 72.0 Å². The SMILES string of the molecule is CCc1ccc(CCC(=O)[C@@H]2CN(C(=O)Oc3ccccc3Cl)CCN2C(=O)[C@@H](CC2CCCCC2)NC2CCCCC2)cc1.O=C(CCc1cccs1)[C@@H]1CN(C(=O)Oc2ccccc2Cl)CCN1C(=O)[C@@H](CC1CCCCC1)NC1CCC(c2n[nH]c(=O)o2)CC1.O=C(CCc1cccs1)[C@@H]1CN(C(=O)Oc2ccccc2Cl)CCN1C(=O)[C@@H](CC1CCCCC1)NC1CCC2(CC1)CCN(Cc1ccccc1)C2. The molecule has 10 aliphatic rings. The van der Waals surface area contributed by atoms with Crippen LogP contribution in [0, 0.1) is 23.2 Å². The number of benzene rings is 5. The Hall–Kier alpha value is -9.62. The monoisotopic (exact) mass is 2090 g/mol. The standard InChI is InChI=1S/C43H55ClN4O4S.C37H50ClN3O4.C35H44ClN5O6S/c44-36-15-7-8-16-40(36)52-42(51)47-25-26-48(38(30-47)39(49)18-17-35-14-9-27-53-35)41(50)37(28-32-10-3-1-4-11-32)45-34-19-21-43(22-20-34)23-24-46(31-43)29-33-12-5-2-6-13-33;1-2-27-17-19-28(20-18-27)21-22-34(42)33-26-40(37(44)45-35-16-10-9-15-31(35)38)23-24-41(33)36(43)32(25-29-11-5-3-6-12-29)39-30-13-7-4-8-14-30;36-27-10-4-5-11-31(27)46-35(45)40-18-19-41(29(22-40)30(42)17-16-26-9-6-20-48-26)33(43)28(21-23-7-2-1-3-8-23)37-25-14-12-24(13-15-25)32-38-39-34(44)47-32/h2,5-9,12-16,27,32,34,37-38,45H,1,3-4,10-11,17-26,28-31H2;9-10,15-20,29-30,32-33,39H,2-8,11-14,21-26H2,1H3;4-6,9-11,20,23-25,28-29,37H,1-3,7-8,12-19,21-22H2,(H,39,44)/t34?,37-,38+,43?;32-,33+;24?,25?,28-,29+/m111/s1. The fourth-order valence-electron chi connectivity index (χ4n) is 24.1. The minimum atomic E-state index is -0.779. The van der Waals surface area contributed by atoms with Gasteiger partial charge < -0.3 is 64.0 Å². The lowest BCUT2D eigenvalue weighted by Crippen LogP contribution is -2.63. The maximum atomic E-state index is 14.8. The Morgan fingerprint density at radius 1 is 0.411 bits per heavy atom. The highest BCUT2D eigenvalue weighted by molar-refractivity contribution is 7.10. The molecule has 6 amide bonds. The van der Waals surface area contributed by atoms with Gasteiger partial charge in [-0.2, -0.15) is 0 Å². The average molecular weight is 2090 g/mol. The van der Waals surface area contributed by atoms with Gasteiger partial charge in [-0.05, 0) is 221 Å². The summed E-state index contributed by atoms with van der Waals surface area (Å²) in [6.07, 6.45) is 36.9. The summed E-state index contributed by atoms with van der Waals surface area (Å²) < 4.78 is 22.2. The normalized spacial score (nSPS) is 22.8. The zero-order chi connectivity index (χ0) is 102. The summed E-state index contributed by atoms with van der Waals surface area (Å²) >= 11 is 22.0. The molecule has 0 bridgehead atoms. The molecule has 1 spiro atoms. The topological polar surface area (TPSA) is 299 Å². The van der Waals surface area contributed by atoms with E-state index in [-0.39, 0.29) is 122 Å². The largest absolute Gasteiger partial charge is 0.434 e. The first kappa shape index (κ1) is 109. The van der Waals surface area contributed by atoms with Crippen LogP contribution in [0.2, 0.25) is 15.1 Å². The predicted molar refractivity (Wildman–Crippen MR) is 572 cm³/mol. The number of aromatic nitrogens is 2. The Balaban J connectivity index is 0.000000157. The number of nitrogens with one attached hydrogen (secondary N) is 4. The Labute approximate surface area is 883 Å². The molecule has 10 fully saturated rings. The van der Waals surface area contributed by atoms with Crippen LogP contribution >= 0.6 is 57.5 Å². The Morgan fingerprint density at radius 2 is 0.788 bits per heavy atom. The molecule has 26 nitrogen and oxygen atoms in total. The van der Waals surface area contributed by atoms with E-state index in [1.807, 2.05) is 35.0 Å². The molecule has 8 aromatic rings. The first-order chi connectivity index (χ1) is 71.1. The molecule has 31 heteroatoms. The van der Waals surface area contributed by atoms with E-state index in [0.717, 1.165) is 151 Å². The number of halogens is 3. The number of aromatic amines is 1. The highest BCUT2D eigenvalue weighted by Gasteiger charge is 2.48. The number of hydrogen-bond donors (Lipinski definition) is 4. The summed E-state index contributed by atoms with van der Waals surface area (Å²) in [6.45, 7) is 7.40. The fourth-order valence-corrected chi connectivity index (χ4v) is 26.0. The first-order valence-corrected chi connectivity index (χ1v) is 57.3. The lowest BCUT2D eigenvalue weighted by molar-refractivity contribution is -0.145. The molecule has 3 aromatic heterocycles. The molecule has 146 heavy (non-hydrogen) atoms. The minimum Gasteiger partial charge on any atom is -0.409 e. The van der Waals surface area contributed by atoms with Crippen molar-refractivity contribution in [1.82, 2.24) is 60.4 Å². The molecule has 6 atom stereocenters. The van der Waals surface area contributed by atoms with Gasteiger partial charge in [0.15, 0.2) is 34.6 Å². The smallest absolute Gasteiger partial charge is 0.409 e. The number of piperazine rings is 3. The highest BCUT2D eigenvalue weighted by Crippen LogP contribution is 2.46. The third-order valence-corrected chi connectivity index (χ3v) is 35.3. The number of amides is 6. The number of likely N-dealkylation sites (tertiary alicyclic amines) is 1. The van der Waals surface area contributed by atoms with Crippen molar-refractivity contribution in [3.63, 3.8) is 0 Å². The van der Waals surface area contributed by atoms with Crippen LogP contribution < -0.4 is 35.9 Å². The van der Waals surface area contributed by atoms with Crippen molar-refractivity contribution in [1.29, 1.82) is 0 Å². The van der Waals surface area contributed by atoms with Crippen molar-refractivity contribution in [2.45, 2.75) is 324 Å². The van der Waals surface area contributed by atoms with Gasteiger partial charge in [-0.1, -0.05) is 260 Å². The number of ketones is 3. The van der Waals surface area contributed by atoms with Gasteiger partial charge in [0, 0.05) is 105 Å². The van der Waals surface area contributed by atoms with E-state index in [4.69, 9.17) is 53.4 Å². The Bertz CT molecular complexity index is 5560. The molecule has 4 N–H and O–H groups in total. The number of aryl methyl sites for hydroxylation is 4. The van der Waals surface area contributed by atoms with Crippen LogP contribution in [0.25, 0.3) is 0 Å². The molecular weight excluding hydrogens is 1940 g/mol. The van der Waals surface area contributed by atoms with Crippen molar-refractivity contribution >= 4 is 111 Å². The summed E-state index contributed by atoms with van der Waals surface area (Å²) in [5.74, 6) is 2.11. The van der Waals surface area contributed by atoms with E-state index >= 15 is 0 Å². The molecule has 0 radical (unpaired) electrons. The molecule has 18 rings (SSSR count). The number of carbonyl (C=O) groups is 9. The summed E-state index contributed by atoms with van der Waals surface area (Å²) in [6, 6.07) is 45.1. The molecule has 7 heterocycles. The van der Waals surface area contributed by atoms with Crippen LogP contribution in [-0.4, -0.2) is 224 Å². The van der Waals surface area contributed by atoms with Crippen LogP contribution in [0.1, 0.15) is 270 Å². The average Bonchev–Trinajstić information content (AvgIpc) is 1.39. The van der Waals surface area contributed by atoms with E-state index in [9.17, 15) is 47.9 Å². The van der Waals surface area contributed by atoms with Gasteiger partial charge in [0.2, 0.25) is 23.6 Å². The number of nitrogens with zero attached hydrogens (tertiary/aromatic N) is 8. The summed E-state index contributed by atoms with van der Waals surface area (Å²) in [5, 5.41) is 22.8. The summed E-state index contributed by atoms with van der Waals surface area (Å²) in [4.78, 5) is 152. The zero-order valence-electron chi connectivity index (χ0n) is 84.9. The second-order valence-electron chi connectivity index (χ2n) is 42.5. The Morgan fingerprint density at radius 3 is 1.17 bits per heavy atom. The van der Waals surface area contributed by atoms with E-state index in [0.29, 0.717) is 108 Å². The third-order valence-electron chi connectivity index (χ3n) is 32.5. The number of Topliss-reactive ketones (excluding diaryl/α,β-unsaturated/α-hetero) is 3. The molecule has 4 aliphatic heterocycles. The highest BCUT2D eigenvalue weighted by atomic mass is 35.5. The van der Waals surface area contributed by atoms with Crippen LogP contribution in [-0.2, 0) is 61.0 Å². The van der Waals surface area contributed by atoms with Crippen molar-refractivity contribution < 1.29 is 61.8 Å². The molecule has 6 aliphatic carbocycles. The van der Waals surface area contributed by atoms with Gasteiger partial charge in [0.1, 0.15) is 18.1 Å². The number of rotatable bonds is 34. The second kappa shape index (κ2) is 54.7. The van der Waals surface area contributed by atoms with Crippen LogP contribution in [0.3, 0.4) is 0 Å². The van der Waals surface area contributed by atoms with E-state index in [1.54, 1.807) is 120 Å². The second-order valence-corrected chi connectivity index (χ2v) is 45.8. The lowest BCUT2D eigenvalue weighted by atomic mass is 9.71. The number of ether oxygens (including phenoxy) is 3. The quantitative estimate of drug-likeness (QED) is 0.0291. The van der Waals surface area contributed by atoms with Crippen molar-refractivity contribution in [3.8, 4) is 17.2 Å². The van der Waals surface area contributed by atoms with Gasteiger partial charge in [-0.3, -0.25) is 33.7 Å². The van der Waals surface area contributed by atoms with Crippen LogP contribution in [0.15, 0.2) is 172 Å². The number of hydrogen-bond acceptors (Lipinski definition) is 21. The fraction of sp³-hybridized carbons (Fsp3) is 0.574. The van der Waals surface area contributed by atoms with Crippen LogP contribution in [0.4, 0.5) is 14.4 Å². The lowest BCUT2D eigenvalue weighted by Gasteiger charge is -2.43. The zero-order valence-corrected chi connectivity index (χ0v) is 88.8. The number of H-pyrrole nitrogens is 1. The number of carbonyl (C=O) groups excluding carboxylic acids is 9. The van der Waals surface area contributed by atoms with E-state index < -0.39 is 48.2 Å². The van der Waals surface area contributed by atoms with Crippen LogP contribution in [0.5, 0.6) is 17.2 Å². The Kier molecular flexibility index (Phi) is 40.9. The van der Waals surface area contributed by atoms with Gasteiger partial charge in [-0.15, -0.1) is 27.8 Å². The summed E-state index contributed by atoms with van der Waals surface area (Å²) in [5.41, 5.74) is 4.10. The molecule has 786 valence electrons. The molecular formula is C115H149Cl3N12O14S2. The molecule has 0 unspecified atom stereocenters.